The van der Waals surface area contributed by atoms with E-state index in [1.807, 2.05) is 18.2 Å². The van der Waals surface area contributed by atoms with E-state index in [0.717, 1.165) is 55.8 Å². The molecule has 12 aromatic rings. The second-order valence-electron chi connectivity index (χ2n) is 15.4. The number of aromatic nitrogens is 4. The Balaban J connectivity index is 1.04. The van der Waals surface area contributed by atoms with E-state index in [4.69, 9.17) is 9.97 Å². The molecule has 0 saturated carbocycles. The van der Waals surface area contributed by atoms with Crippen LogP contribution < -0.4 is 0 Å². The fourth-order valence-electron chi connectivity index (χ4n) is 9.22. The van der Waals surface area contributed by atoms with Crippen molar-refractivity contribution in [2.24, 2.45) is 0 Å². The Hall–Kier alpha value is -8.08. The first kappa shape index (κ1) is 34.0. The van der Waals surface area contributed by atoms with Gasteiger partial charge in [0.2, 0.25) is 0 Å². The summed E-state index contributed by atoms with van der Waals surface area (Å²) in [6, 6.07) is 77.9. The average molecular weight is 765 g/mol. The van der Waals surface area contributed by atoms with Gasteiger partial charge in [-0.3, -0.25) is 0 Å². The van der Waals surface area contributed by atoms with E-state index in [1.54, 1.807) is 0 Å². The van der Waals surface area contributed by atoms with Crippen molar-refractivity contribution in [3.05, 3.63) is 218 Å². The minimum atomic E-state index is 0.701. The zero-order chi connectivity index (χ0) is 39.6. The monoisotopic (exact) mass is 764 g/mol. The number of hydrogen-bond acceptors (Lipinski definition) is 2. The van der Waals surface area contributed by atoms with E-state index in [1.165, 1.54) is 49.2 Å². The fourth-order valence-corrected chi connectivity index (χ4v) is 9.22. The maximum Gasteiger partial charge on any atom is 0.160 e. The molecule has 0 unspecified atom stereocenters. The van der Waals surface area contributed by atoms with Crippen molar-refractivity contribution < 1.29 is 0 Å². The van der Waals surface area contributed by atoms with E-state index >= 15 is 0 Å². The van der Waals surface area contributed by atoms with Gasteiger partial charge in [0, 0.05) is 49.6 Å². The van der Waals surface area contributed by atoms with Crippen LogP contribution in [-0.4, -0.2) is 19.1 Å². The lowest BCUT2D eigenvalue weighted by Gasteiger charge is -2.14. The predicted octanol–water partition coefficient (Wildman–Crippen LogP) is 14.5. The Morgan fingerprint density at radius 3 is 1.55 bits per heavy atom. The zero-order valence-corrected chi connectivity index (χ0v) is 32.6. The fraction of sp³-hybridized carbons (Fsp3) is 0. The highest BCUT2D eigenvalue weighted by molar-refractivity contribution is 6.29. The molecule has 12 rings (SSSR count). The van der Waals surface area contributed by atoms with Gasteiger partial charge >= 0.3 is 0 Å². The molecule has 0 radical (unpaired) electrons. The van der Waals surface area contributed by atoms with E-state index in [2.05, 4.69) is 209 Å². The molecule has 4 nitrogen and oxygen atoms in total. The molecule has 0 aliphatic carbocycles. The molecule has 60 heavy (non-hydrogen) atoms. The van der Waals surface area contributed by atoms with Crippen molar-refractivity contribution in [1.29, 1.82) is 0 Å². The van der Waals surface area contributed by atoms with Crippen molar-refractivity contribution in [2.45, 2.75) is 0 Å². The van der Waals surface area contributed by atoms with Crippen LogP contribution in [0, 0.1) is 0 Å². The maximum absolute atomic E-state index is 5.24. The lowest BCUT2D eigenvalue weighted by Crippen LogP contribution is -1.97. The quantitative estimate of drug-likeness (QED) is 0.169. The van der Waals surface area contributed by atoms with Crippen LogP contribution in [0.4, 0.5) is 0 Å². The molecular weight excluding hydrogens is 729 g/mol. The Morgan fingerprint density at radius 1 is 0.300 bits per heavy atom. The van der Waals surface area contributed by atoms with Crippen LogP contribution in [0.5, 0.6) is 0 Å². The number of hydrogen-bond donors (Lipinski definition) is 0. The molecule has 0 spiro atoms. The summed E-state index contributed by atoms with van der Waals surface area (Å²) in [5.74, 6) is 0.701. The number of rotatable bonds is 6. The van der Waals surface area contributed by atoms with Gasteiger partial charge in [0.15, 0.2) is 5.82 Å². The summed E-state index contributed by atoms with van der Waals surface area (Å²) in [4.78, 5) is 10.4. The molecule has 3 aromatic heterocycles. The number of benzene rings is 9. The predicted molar refractivity (Wildman–Crippen MR) is 250 cm³/mol. The summed E-state index contributed by atoms with van der Waals surface area (Å²) in [7, 11) is 0. The molecule has 9 aromatic carbocycles. The molecule has 0 amide bonds. The van der Waals surface area contributed by atoms with Crippen LogP contribution in [0.25, 0.3) is 111 Å². The summed E-state index contributed by atoms with van der Waals surface area (Å²) in [6.45, 7) is 0. The summed E-state index contributed by atoms with van der Waals surface area (Å²) >= 11 is 0. The summed E-state index contributed by atoms with van der Waals surface area (Å²) in [5.41, 5.74) is 14.2. The Morgan fingerprint density at radius 2 is 0.850 bits per heavy atom. The first-order chi connectivity index (χ1) is 29.8. The molecular formula is C56H36N4. The van der Waals surface area contributed by atoms with Gasteiger partial charge in [-0.2, -0.15) is 0 Å². The van der Waals surface area contributed by atoms with E-state index in [-0.39, 0.29) is 0 Å². The number of nitrogens with zero attached hydrogens (tertiary/aromatic N) is 4. The largest absolute Gasteiger partial charge is 0.309 e. The molecule has 3 heterocycles. The van der Waals surface area contributed by atoms with Crippen LogP contribution in [-0.2, 0) is 0 Å². The number of para-hydroxylation sites is 3. The molecule has 0 N–H and O–H groups in total. The van der Waals surface area contributed by atoms with Crippen LogP contribution in [0.2, 0.25) is 0 Å². The second kappa shape index (κ2) is 13.8. The Labute approximate surface area is 346 Å². The highest BCUT2D eigenvalue weighted by Crippen LogP contribution is 2.43. The molecule has 0 fully saturated rings. The minimum absolute atomic E-state index is 0.701. The SMILES string of the molecule is c1ccc(-c2cccc(-c3cc(-c4cccc5cc(-n6c7ccccc7c7c8c9ccccc9n(-c9ccccc9)c8ccc76)ccc45)nc(-c4ccccc4)n3)c2)cc1. The van der Waals surface area contributed by atoms with Crippen molar-refractivity contribution >= 4 is 54.4 Å². The molecule has 280 valence electrons. The smallest absolute Gasteiger partial charge is 0.160 e. The summed E-state index contributed by atoms with van der Waals surface area (Å²) < 4.78 is 4.83. The van der Waals surface area contributed by atoms with Crippen LogP contribution in [0.1, 0.15) is 0 Å². The van der Waals surface area contributed by atoms with Gasteiger partial charge in [-0.25, -0.2) is 9.97 Å². The molecule has 0 aliphatic rings. The molecule has 4 heteroatoms. The van der Waals surface area contributed by atoms with Gasteiger partial charge < -0.3 is 9.13 Å². The van der Waals surface area contributed by atoms with Crippen molar-refractivity contribution in [3.63, 3.8) is 0 Å². The zero-order valence-electron chi connectivity index (χ0n) is 32.6. The summed E-state index contributed by atoms with van der Waals surface area (Å²) in [5, 5.41) is 7.30. The molecule has 0 aliphatic heterocycles. The third-order valence-corrected chi connectivity index (χ3v) is 11.9. The van der Waals surface area contributed by atoms with Crippen LogP contribution in [0.15, 0.2) is 218 Å². The van der Waals surface area contributed by atoms with Crippen molar-refractivity contribution in [2.75, 3.05) is 0 Å². The average Bonchev–Trinajstić information content (AvgIpc) is 3.85. The normalized spacial score (nSPS) is 11.7. The third kappa shape index (κ3) is 5.46. The highest BCUT2D eigenvalue weighted by atomic mass is 15.0. The third-order valence-electron chi connectivity index (χ3n) is 11.9. The van der Waals surface area contributed by atoms with Crippen molar-refractivity contribution in [3.8, 4) is 56.4 Å². The number of fused-ring (bicyclic) bond motifs is 8. The van der Waals surface area contributed by atoms with Gasteiger partial charge in [0.1, 0.15) is 0 Å². The van der Waals surface area contributed by atoms with Crippen LogP contribution >= 0.6 is 0 Å². The Bertz CT molecular complexity index is 3580. The van der Waals surface area contributed by atoms with Crippen molar-refractivity contribution in [1.82, 2.24) is 19.1 Å². The standard InChI is InChI=1S/C56H36N4/c1-4-16-37(17-5-1)39-20-14-22-41(34-39)48-36-49(58-56(57-48)38-18-6-2-7-19-38)45-27-15-21-40-35-43(30-31-44(40)45)60-51-29-13-11-26-47(51)55-53(60)33-32-52-54(55)46-25-10-12-28-50(46)59(52)42-23-8-3-9-24-42/h1-36H. The first-order valence-corrected chi connectivity index (χ1v) is 20.4. The minimum Gasteiger partial charge on any atom is -0.309 e. The van der Waals surface area contributed by atoms with Gasteiger partial charge in [-0.15, -0.1) is 0 Å². The van der Waals surface area contributed by atoms with Crippen LogP contribution in [0.3, 0.4) is 0 Å². The Kier molecular flexibility index (Phi) is 7.82. The van der Waals surface area contributed by atoms with Gasteiger partial charge in [-0.1, -0.05) is 158 Å². The maximum atomic E-state index is 5.24. The van der Waals surface area contributed by atoms with E-state index in [9.17, 15) is 0 Å². The topological polar surface area (TPSA) is 35.6 Å². The second-order valence-corrected chi connectivity index (χ2v) is 15.4. The van der Waals surface area contributed by atoms with Gasteiger partial charge in [0.25, 0.3) is 0 Å². The van der Waals surface area contributed by atoms with E-state index < -0.39 is 0 Å². The first-order valence-electron chi connectivity index (χ1n) is 20.4. The van der Waals surface area contributed by atoms with Gasteiger partial charge in [0.05, 0.1) is 33.5 Å². The molecule has 0 bridgehead atoms. The summed E-state index contributed by atoms with van der Waals surface area (Å²) in [6.07, 6.45) is 0. The molecule has 0 saturated heterocycles. The van der Waals surface area contributed by atoms with Gasteiger partial charge in [-0.05, 0) is 82.6 Å². The lowest BCUT2D eigenvalue weighted by atomic mass is 9.98. The lowest BCUT2D eigenvalue weighted by molar-refractivity contribution is 1.17. The van der Waals surface area contributed by atoms with E-state index in [0.29, 0.717) is 5.82 Å². The highest BCUT2D eigenvalue weighted by Gasteiger charge is 2.21. The molecule has 0 atom stereocenters.